The van der Waals surface area contributed by atoms with Gasteiger partial charge in [-0.15, -0.1) is 0 Å². The van der Waals surface area contributed by atoms with Crippen LogP contribution in [0, 0.1) is 11.3 Å². The first-order valence-electron chi connectivity index (χ1n) is 31.5. The molecule has 0 bridgehead atoms. The van der Waals surface area contributed by atoms with Gasteiger partial charge >= 0.3 is 49.4 Å². The number of fused-ring (bicyclic) bond motifs is 6. The van der Waals surface area contributed by atoms with Crippen molar-refractivity contribution in [2.45, 2.75) is 49.4 Å². The molecule has 0 aliphatic heterocycles. The molecule has 0 spiro atoms. The van der Waals surface area contributed by atoms with E-state index in [4.69, 9.17) is 9.97 Å². The van der Waals surface area contributed by atoms with Gasteiger partial charge in [-0.2, -0.15) is 111 Å². The maximum absolute atomic E-state index is 15.2. The number of rotatable bonds is 9. The Balaban J connectivity index is 1.14. The van der Waals surface area contributed by atoms with E-state index in [2.05, 4.69) is 6.07 Å². The van der Waals surface area contributed by atoms with Crippen LogP contribution in [0.3, 0.4) is 0 Å². The van der Waals surface area contributed by atoms with Gasteiger partial charge in [0, 0.05) is 38.2 Å². The fourth-order valence-electron chi connectivity index (χ4n) is 13.4. The molecule has 11 aromatic carbocycles. The van der Waals surface area contributed by atoms with Crippen LogP contribution in [0.4, 0.5) is 105 Å². The van der Waals surface area contributed by atoms with Crippen LogP contribution in [-0.4, -0.2) is 19.1 Å². The molecule has 0 unspecified atom stereocenters. The Bertz CT molecular complexity index is 5680. The molecule has 0 saturated heterocycles. The first-order valence-corrected chi connectivity index (χ1v) is 31.5. The Labute approximate surface area is 591 Å². The van der Waals surface area contributed by atoms with E-state index in [0.29, 0.717) is 59.7 Å². The molecule has 0 amide bonds. The molecule has 14 rings (SSSR count). The highest BCUT2D eigenvalue weighted by Crippen LogP contribution is 2.51. The number of hydrogen-bond acceptors (Lipinski definition) is 3. The average Bonchev–Trinajstić information content (AvgIpc) is 1.55. The Hall–Kier alpha value is -12.1. The van der Waals surface area contributed by atoms with Crippen LogP contribution in [0.25, 0.3) is 133 Å². The summed E-state index contributed by atoms with van der Waals surface area (Å²) < 4.78 is 355. The van der Waals surface area contributed by atoms with Gasteiger partial charge in [-0.1, -0.05) is 109 Å². The largest absolute Gasteiger partial charge is 0.417 e. The molecule has 3 aromatic heterocycles. The van der Waals surface area contributed by atoms with Crippen LogP contribution in [0.5, 0.6) is 0 Å². The molecule has 108 heavy (non-hydrogen) atoms. The van der Waals surface area contributed by atoms with Gasteiger partial charge < -0.3 is 9.13 Å². The SMILES string of the molecule is N#Cc1cc(-n2c3ccc(-c4ccc(C(F)(F)F)cc4C(F)(F)F)cc3c3cc(-c4ccc(C(F)(F)F)cc4C(F)(F)F)ccc32)c(-n2c3ccc(-c4ccc(C(F)(F)F)cc4C(F)(F)F)cc3c3cc(-c4ccc(C(F)(F)F)cc4C(F)(F)F)ccc32)cc1-c1cc(-c2ccccc2)nc(-c2ccccc2)n1. The average molecular weight is 1510 g/mol. The van der Waals surface area contributed by atoms with Crippen molar-refractivity contribution in [3.05, 3.63) is 275 Å². The van der Waals surface area contributed by atoms with Gasteiger partial charge in [0.2, 0.25) is 0 Å². The molecule has 0 saturated carbocycles. The van der Waals surface area contributed by atoms with Crippen LogP contribution in [-0.2, 0) is 49.4 Å². The predicted octanol–water partition coefficient (Wildman–Crippen LogP) is 26.4. The molecule has 0 fully saturated rings. The highest BCUT2D eigenvalue weighted by Gasteiger charge is 2.43. The van der Waals surface area contributed by atoms with Crippen LogP contribution in [0.1, 0.15) is 50.1 Å². The van der Waals surface area contributed by atoms with Crippen LogP contribution < -0.4 is 0 Å². The van der Waals surface area contributed by atoms with Crippen molar-refractivity contribution in [1.82, 2.24) is 19.1 Å². The summed E-state index contributed by atoms with van der Waals surface area (Å²) in [5.41, 5.74) is -20.3. The number of alkyl halides is 24. The minimum absolute atomic E-state index is 0.0406. The fourth-order valence-corrected chi connectivity index (χ4v) is 13.4. The van der Waals surface area contributed by atoms with E-state index in [9.17, 15) is 57.9 Å². The zero-order valence-electron chi connectivity index (χ0n) is 53.7. The molecule has 14 aromatic rings. The summed E-state index contributed by atoms with van der Waals surface area (Å²) in [5, 5.41) is 10.5. The number of benzene rings is 11. The molecule has 0 N–H and O–H groups in total. The lowest BCUT2D eigenvalue weighted by molar-refractivity contribution is -0.144. The number of hydrogen-bond donors (Lipinski definition) is 0. The summed E-state index contributed by atoms with van der Waals surface area (Å²) in [6, 6.07) is 38.2. The van der Waals surface area contributed by atoms with Crippen molar-refractivity contribution >= 4 is 43.6 Å². The number of aromatic nitrogens is 4. The summed E-state index contributed by atoms with van der Waals surface area (Å²) >= 11 is 0. The Morgan fingerprint density at radius 2 is 0.537 bits per heavy atom. The van der Waals surface area contributed by atoms with Crippen LogP contribution in [0.2, 0.25) is 0 Å². The third-order valence-corrected chi connectivity index (χ3v) is 18.2. The lowest BCUT2D eigenvalue weighted by atomic mass is 9.94. The van der Waals surface area contributed by atoms with Gasteiger partial charge in [-0.25, -0.2) is 9.97 Å². The lowest BCUT2D eigenvalue weighted by Gasteiger charge is -2.20. The Morgan fingerprint density at radius 1 is 0.250 bits per heavy atom. The van der Waals surface area contributed by atoms with Gasteiger partial charge in [0.05, 0.1) is 101 Å². The molecule has 5 nitrogen and oxygen atoms in total. The van der Waals surface area contributed by atoms with Crippen molar-refractivity contribution in [3.8, 4) is 95.9 Å². The second-order valence-electron chi connectivity index (χ2n) is 24.8. The highest BCUT2D eigenvalue weighted by molar-refractivity contribution is 6.14. The number of nitrogens with zero attached hydrogens (tertiary/aromatic N) is 5. The van der Waals surface area contributed by atoms with Crippen molar-refractivity contribution in [1.29, 1.82) is 5.26 Å². The molecule has 0 aliphatic rings. The summed E-state index contributed by atoms with van der Waals surface area (Å²) in [6.07, 6.45) is -43.4. The van der Waals surface area contributed by atoms with E-state index in [1.165, 1.54) is 27.3 Å². The van der Waals surface area contributed by atoms with E-state index in [-0.39, 0.29) is 108 Å². The fraction of sp³-hybridized carbons (Fsp3) is 0.101. The Kier molecular flexibility index (Phi) is 17.2. The van der Waals surface area contributed by atoms with E-state index < -0.39 is 138 Å². The summed E-state index contributed by atoms with van der Waals surface area (Å²) in [6.45, 7) is 0. The quantitative estimate of drug-likeness (QED) is 0.135. The van der Waals surface area contributed by atoms with Gasteiger partial charge in [0.1, 0.15) is 0 Å². The molecule has 0 atom stereocenters. The lowest BCUT2D eigenvalue weighted by Crippen LogP contribution is -2.12. The normalized spacial score (nSPS) is 13.0. The third kappa shape index (κ3) is 13.4. The first-order chi connectivity index (χ1) is 50.5. The van der Waals surface area contributed by atoms with Crippen molar-refractivity contribution in [2.24, 2.45) is 0 Å². The number of halogens is 24. The molecule has 3 heterocycles. The van der Waals surface area contributed by atoms with Crippen LogP contribution in [0.15, 0.2) is 224 Å². The Morgan fingerprint density at radius 3 is 0.824 bits per heavy atom. The van der Waals surface area contributed by atoms with Gasteiger partial charge in [-0.3, -0.25) is 0 Å². The van der Waals surface area contributed by atoms with Crippen molar-refractivity contribution in [3.63, 3.8) is 0 Å². The summed E-state index contributed by atoms with van der Waals surface area (Å²) in [5.74, 6) is 0.0406. The second-order valence-corrected chi connectivity index (χ2v) is 24.8. The summed E-state index contributed by atoms with van der Waals surface area (Å²) in [7, 11) is 0. The minimum atomic E-state index is -5.53. The third-order valence-electron chi connectivity index (χ3n) is 18.2. The van der Waals surface area contributed by atoms with E-state index >= 15 is 52.7 Å². The van der Waals surface area contributed by atoms with E-state index in [0.717, 1.165) is 72.8 Å². The van der Waals surface area contributed by atoms with E-state index in [1.54, 1.807) is 60.7 Å². The molecule has 546 valence electrons. The first kappa shape index (κ1) is 72.8. The minimum Gasteiger partial charge on any atom is -0.307 e. The smallest absolute Gasteiger partial charge is 0.307 e. The van der Waals surface area contributed by atoms with Crippen molar-refractivity contribution in [2.75, 3.05) is 0 Å². The van der Waals surface area contributed by atoms with Gasteiger partial charge in [0.25, 0.3) is 0 Å². The standard InChI is InChI=1S/C79H37F24N5/c80-72(81,82)46-15-19-50(59(32-46)76(92,93)94)41-11-23-65-55(27-41)56-28-42(51-20-16-47(73(83,84)85)33-60(51)77(95,96)97)12-24-66(56)107(65)69-31-45(38-104)54(64-37-63(39-7-3-1-4-8-39)105-71(106-64)40-9-5-2-6-10-40)36-70(69)108-67-25-13-43(52-21-17-48(74(86,87)88)34-61(52)78(98,99)100)29-57(67)58-30-44(14-26-68(58)108)53-22-18-49(75(89,90)91)35-62(53)79(101,102)103/h1-37H. The molecular formula is C79H37F24N5. The molecular weight excluding hydrogens is 1470 g/mol. The molecule has 0 aliphatic carbocycles. The topological polar surface area (TPSA) is 59.4 Å². The monoisotopic (exact) mass is 1510 g/mol. The highest BCUT2D eigenvalue weighted by atomic mass is 19.4. The van der Waals surface area contributed by atoms with Crippen LogP contribution >= 0.6 is 0 Å². The maximum atomic E-state index is 15.2. The summed E-state index contributed by atoms with van der Waals surface area (Å²) in [4.78, 5) is 9.74. The van der Waals surface area contributed by atoms with Gasteiger partial charge in [0.15, 0.2) is 5.82 Å². The number of nitriles is 1. The maximum Gasteiger partial charge on any atom is 0.417 e. The zero-order chi connectivity index (χ0) is 77.5. The van der Waals surface area contributed by atoms with Crippen molar-refractivity contribution < 1.29 is 105 Å². The molecule has 0 radical (unpaired) electrons. The molecule has 29 heteroatoms. The second kappa shape index (κ2) is 25.6. The predicted molar refractivity (Wildman–Crippen MR) is 353 cm³/mol. The van der Waals surface area contributed by atoms with E-state index in [1.807, 2.05) is 0 Å². The zero-order valence-corrected chi connectivity index (χ0v) is 53.7. The van der Waals surface area contributed by atoms with Gasteiger partial charge in [-0.05, 0) is 160 Å².